The molecule has 0 amide bonds. The van der Waals surface area contributed by atoms with E-state index in [2.05, 4.69) is 19.6 Å². The molecule has 3 heterocycles. The van der Waals surface area contributed by atoms with Crippen LogP contribution in [0.3, 0.4) is 0 Å². The monoisotopic (exact) mass is 269 g/mol. The highest BCUT2D eigenvalue weighted by Gasteiger charge is 2.10. The van der Waals surface area contributed by atoms with Crippen LogP contribution in [-0.2, 0) is 13.6 Å². The summed E-state index contributed by atoms with van der Waals surface area (Å²) in [6, 6.07) is 3.98. The highest BCUT2D eigenvalue weighted by Crippen LogP contribution is 2.24. The molecule has 0 aliphatic heterocycles. The Kier molecular flexibility index (Phi) is 3.45. The van der Waals surface area contributed by atoms with Crippen molar-refractivity contribution >= 4 is 0 Å². The Morgan fingerprint density at radius 1 is 1.15 bits per heavy atom. The molecule has 0 aromatic carbocycles. The van der Waals surface area contributed by atoms with Crippen molar-refractivity contribution in [3.05, 3.63) is 49.3 Å². The van der Waals surface area contributed by atoms with Crippen molar-refractivity contribution in [1.82, 2.24) is 24.3 Å². The highest BCUT2D eigenvalue weighted by atomic mass is 16.5. The lowest BCUT2D eigenvalue weighted by Gasteiger charge is -2.08. The van der Waals surface area contributed by atoms with Gasteiger partial charge < -0.3 is 9.30 Å². The second kappa shape index (κ2) is 5.56. The topological polar surface area (TPSA) is 57.8 Å². The van der Waals surface area contributed by atoms with Gasteiger partial charge in [0, 0.05) is 43.6 Å². The second-order valence-corrected chi connectivity index (χ2v) is 4.38. The quantitative estimate of drug-likeness (QED) is 0.708. The molecule has 20 heavy (non-hydrogen) atoms. The lowest BCUT2D eigenvalue weighted by molar-refractivity contribution is 0.288. The fourth-order valence-electron chi connectivity index (χ4n) is 1.94. The van der Waals surface area contributed by atoms with E-state index in [-0.39, 0.29) is 0 Å². The number of hydrogen-bond acceptors (Lipinski definition) is 4. The molecular weight excluding hydrogens is 254 g/mol. The lowest BCUT2D eigenvalue weighted by atomic mass is 10.2. The van der Waals surface area contributed by atoms with Crippen LogP contribution in [0.25, 0.3) is 11.3 Å². The van der Waals surface area contributed by atoms with Gasteiger partial charge in [0.15, 0.2) is 0 Å². The van der Waals surface area contributed by atoms with Crippen LogP contribution in [-0.4, -0.2) is 30.9 Å². The van der Waals surface area contributed by atoms with E-state index >= 15 is 0 Å². The summed E-state index contributed by atoms with van der Waals surface area (Å²) in [5.41, 5.74) is 1.62. The van der Waals surface area contributed by atoms with Crippen LogP contribution in [0.1, 0.15) is 0 Å². The summed E-state index contributed by atoms with van der Waals surface area (Å²) in [7, 11) is 1.87. The maximum atomic E-state index is 5.74. The van der Waals surface area contributed by atoms with Crippen LogP contribution in [0.15, 0.2) is 49.3 Å². The van der Waals surface area contributed by atoms with Crippen molar-refractivity contribution in [2.75, 3.05) is 6.61 Å². The predicted molar refractivity (Wildman–Crippen MR) is 74.2 cm³/mol. The summed E-state index contributed by atoms with van der Waals surface area (Å²) in [6.45, 7) is 1.32. The normalized spacial score (nSPS) is 10.7. The molecule has 0 atom stereocenters. The Bertz CT molecular complexity index is 674. The van der Waals surface area contributed by atoms with E-state index in [0.29, 0.717) is 18.2 Å². The van der Waals surface area contributed by atoms with Gasteiger partial charge >= 0.3 is 0 Å². The molecule has 6 nitrogen and oxygen atoms in total. The van der Waals surface area contributed by atoms with Crippen LogP contribution < -0.4 is 4.74 Å². The largest absolute Gasteiger partial charge is 0.474 e. The van der Waals surface area contributed by atoms with Crippen molar-refractivity contribution < 1.29 is 4.74 Å². The van der Waals surface area contributed by atoms with E-state index in [4.69, 9.17) is 4.74 Å². The molecule has 0 aliphatic carbocycles. The third-order valence-electron chi connectivity index (χ3n) is 2.90. The molecule has 102 valence electrons. The Hall–Kier alpha value is -2.63. The Balaban J connectivity index is 1.73. The zero-order valence-electron chi connectivity index (χ0n) is 11.2. The minimum Gasteiger partial charge on any atom is -0.474 e. The Morgan fingerprint density at radius 2 is 1.95 bits per heavy atom. The van der Waals surface area contributed by atoms with E-state index in [0.717, 1.165) is 12.1 Å². The smallest absolute Gasteiger partial charge is 0.240 e. The first kappa shape index (κ1) is 12.4. The average molecular weight is 269 g/mol. The molecule has 3 aromatic rings. The van der Waals surface area contributed by atoms with Crippen molar-refractivity contribution in [3.8, 4) is 17.1 Å². The van der Waals surface area contributed by atoms with Gasteiger partial charge in [0.2, 0.25) is 5.88 Å². The lowest BCUT2D eigenvalue weighted by Crippen LogP contribution is -2.08. The number of aromatic nitrogens is 5. The molecule has 0 unspecified atom stereocenters. The molecule has 0 bridgehead atoms. The van der Waals surface area contributed by atoms with Crippen molar-refractivity contribution in [1.29, 1.82) is 0 Å². The third-order valence-corrected chi connectivity index (χ3v) is 2.90. The summed E-state index contributed by atoms with van der Waals surface area (Å²) in [4.78, 5) is 8.58. The molecule has 3 rings (SSSR count). The van der Waals surface area contributed by atoms with E-state index < -0.39 is 0 Å². The van der Waals surface area contributed by atoms with Crippen molar-refractivity contribution in [2.45, 2.75) is 6.54 Å². The number of rotatable bonds is 5. The van der Waals surface area contributed by atoms with Gasteiger partial charge in [0.05, 0.1) is 12.7 Å². The summed E-state index contributed by atoms with van der Waals surface area (Å²) in [5.74, 6) is 0.535. The zero-order chi connectivity index (χ0) is 13.8. The van der Waals surface area contributed by atoms with Crippen molar-refractivity contribution in [3.63, 3.8) is 0 Å². The zero-order valence-corrected chi connectivity index (χ0v) is 11.2. The molecule has 0 radical (unpaired) electrons. The first-order valence-corrected chi connectivity index (χ1v) is 6.36. The average Bonchev–Trinajstić information content (AvgIpc) is 3.11. The Morgan fingerprint density at radius 3 is 2.70 bits per heavy atom. The van der Waals surface area contributed by atoms with E-state index in [1.807, 2.05) is 37.8 Å². The first-order valence-electron chi connectivity index (χ1n) is 6.36. The van der Waals surface area contributed by atoms with E-state index in [1.165, 1.54) is 0 Å². The van der Waals surface area contributed by atoms with Gasteiger partial charge in [-0.2, -0.15) is 5.10 Å². The number of nitrogens with zero attached hydrogens (tertiary/aromatic N) is 5. The number of hydrogen-bond donors (Lipinski definition) is 0. The van der Waals surface area contributed by atoms with Gasteiger partial charge in [-0.25, -0.2) is 9.97 Å². The van der Waals surface area contributed by atoms with Gasteiger partial charge in [-0.15, -0.1) is 0 Å². The van der Waals surface area contributed by atoms with Crippen LogP contribution in [0.5, 0.6) is 5.88 Å². The highest BCUT2D eigenvalue weighted by molar-refractivity contribution is 5.62. The molecule has 0 saturated carbocycles. The van der Waals surface area contributed by atoms with Crippen LogP contribution >= 0.6 is 0 Å². The van der Waals surface area contributed by atoms with E-state index in [9.17, 15) is 0 Å². The predicted octanol–water partition coefficient (Wildman–Crippen LogP) is 1.76. The van der Waals surface area contributed by atoms with Gasteiger partial charge in [0.1, 0.15) is 12.3 Å². The maximum Gasteiger partial charge on any atom is 0.240 e. The fraction of sp³-hybridized carbons (Fsp3) is 0.214. The first-order chi connectivity index (χ1) is 9.83. The molecule has 0 saturated heterocycles. The third kappa shape index (κ3) is 2.69. The molecule has 6 heteroatoms. The van der Waals surface area contributed by atoms with Crippen molar-refractivity contribution in [2.24, 2.45) is 7.05 Å². The molecule has 0 fully saturated rings. The van der Waals surface area contributed by atoms with Crippen LogP contribution in [0, 0.1) is 0 Å². The summed E-state index contributed by atoms with van der Waals surface area (Å²) >= 11 is 0. The second-order valence-electron chi connectivity index (χ2n) is 4.38. The summed E-state index contributed by atoms with van der Waals surface area (Å²) < 4.78 is 9.53. The molecule has 0 aliphatic rings. The number of ether oxygens (including phenoxy) is 1. The Labute approximate surface area is 116 Å². The maximum absolute atomic E-state index is 5.74. The van der Waals surface area contributed by atoms with E-state index in [1.54, 1.807) is 23.3 Å². The standard InChI is InChI=1S/C14H15N5O/c1-18-11-12(10-17-18)13-14(16-5-4-15-13)20-9-8-19-6-2-3-7-19/h2-7,10-11H,8-9H2,1H3. The molecular formula is C14H15N5O. The van der Waals surface area contributed by atoms with Gasteiger partial charge in [-0.1, -0.05) is 0 Å². The van der Waals surface area contributed by atoms with Gasteiger partial charge in [0.25, 0.3) is 0 Å². The van der Waals surface area contributed by atoms with Crippen LogP contribution in [0.4, 0.5) is 0 Å². The SMILES string of the molecule is Cn1cc(-c2nccnc2OCCn2cccc2)cn1. The summed E-state index contributed by atoms with van der Waals surface area (Å²) in [5, 5.41) is 4.14. The number of aryl methyl sites for hydroxylation is 1. The minimum atomic E-state index is 0.535. The van der Waals surface area contributed by atoms with Gasteiger partial charge in [-0.3, -0.25) is 4.68 Å². The van der Waals surface area contributed by atoms with Gasteiger partial charge in [-0.05, 0) is 12.1 Å². The summed E-state index contributed by atoms with van der Waals surface area (Å²) in [6.07, 6.45) is 10.9. The molecule has 0 N–H and O–H groups in total. The molecule has 3 aromatic heterocycles. The van der Waals surface area contributed by atoms with Crippen LogP contribution in [0.2, 0.25) is 0 Å². The fourth-order valence-corrected chi connectivity index (χ4v) is 1.94. The molecule has 0 spiro atoms. The minimum absolute atomic E-state index is 0.535.